The van der Waals surface area contributed by atoms with Crippen LogP contribution in [0.3, 0.4) is 0 Å². The Kier molecular flexibility index (Phi) is 3.58. The number of hydrogen-bond donors (Lipinski definition) is 1. The molecule has 1 nitrogen and oxygen atoms in total. The molecular formula is C15H19N. The van der Waals surface area contributed by atoms with Gasteiger partial charge in [-0.2, -0.15) is 0 Å². The highest BCUT2D eigenvalue weighted by Gasteiger charge is 2.05. The van der Waals surface area contributed by atoms with Crippen molar-refractivity contribution in [3.05, 3.63) is 53.6 Å². The molecule has 84 valence electrons. The molecule has 1 aliphatic rings. The van der Waals surface area contributed by atoms with E-state index in [1.165, 1.54) is 16.7 Å². The van der Waals surface area contributed by atoms with Crippen LogP contribution in [0.25, 0.3) is 5.57 Å². The monoisotopic (exact) mass is 213 g/mol. The zero-order valence-corrected chi connectivity index (χ0v) is 9.82. The fourth-order valence-corrected chi connectivity index (χ4v) is 1.97. The zero-order valence-electron chi connectivity index (χ0n) is 9.82. The number of rotatable bonds is 3. The Morgan fingerprint density at radius 3 is 2.56 bits per heavy atom. The molecule has 0 fully saturated rings. The van der Waals surface area contributed by atoms with Gasteiger partial charge in [-0.15, -0.1) is 0 Å². The van der Waals surface area contributed by atoms with Gasteiger partial charge >= 0.3 is 0 Å². The topological polar surface area (TPSA) is 26.0 Å². The molecule has 0 spiro atoms. The van der Waals surface area contributed by atoms with Gasteiger partial charge in [-0.05, 0) is 42.0 Å². The smallest absolute Gasteiger partial charge is 0.00367 e. The first-order chi connectivity index (χ1) is 7.79. The Labute approximate surface area is 97.7 Å². The van der Waals surface area contributed by atoms with E-state index in [-0.39, 0.29) is 0 Å². The molecule has 1 aliphatic carbocycles. The van der Waals surface area contributed by atoms with Crippen molar-refractivity contribution in [2.24, 2.45) is 11.7 Å². The van der Waals surface area contributed by atoms with Crippen molar-refractivity contribution in [1.29, 1.82) is 0 Å². The van der Waals surface area contributed by atoms with Gasteiger partial charge in [0.15, 0.2) is 0 Å². The Balaban J connectivity index is 2.13. The average Bonchev–Trinajstić information content (AvgIpc) is 2.32. The molecule has 1 atom stereocenters. The molecule has 0 amide bonds. The molecule has 1 unspecified atom stereocenters. The van der Waals surface area contributed by atoms with Crippen molar-refractivity contribution in [3.8, 4) is 0 Å². The Morgan fingerprint density at radius 2 is 2.00 bits per heavy atom. The average molecular weight is 213 g/mol. The second kappa shape index (κ2) is 5.13. The van der Waals surface area contributed by atoms with Gasteiger partial charge in [0, 0.05) is 0 Å². The van der Waals surface area contributed by atoms with Gasteiger partial charge in [-0.3, -0.25) is 0 Å². The van der Waals surface area contributed by atoms with Crippen LogP contribution >= 0.6 is 0 Å². The summed E-state index contributed by atoms with van der Waals surface area (Å²) in [7, 11) is 0. The third kappa shape index (κ3) is 2.61. The van der Waals surface area contributed by atoms with Gasteiger partial charge in [0.25, 0.3) is 0 Å². The van der Waals surface area contributed by atoms with Crippen LogP contribution in [0.4, 0.5) is 0 Å². The molecule has 2 N–H and O–H groups in total. The summed E-state index contributed by atoms with van der Waals surface area (Å²) < 4.78 is 0. The summed E-state index contributed by atoms with van der Waals surface area (Å²) in [6, 6.07) is 8.73. The van der Waals surface area contributed by atoms with Crippen LogP contribution in [0.1, 0.15) is 24.5 Å². The molecule has 0 bridgehead atoms. The molecule has 1 heteroatoms. The normalized spacial score (nSPS) is 19.6. The van der Waals surface area contributed by atoms with E-state index in [4.69, 9.17) is 5.73 Å². The van der Waals surface area contributed by atoms with Crippen LogP contribution in [0, 0.1) is 5.92 Å². The Hall–Kier alpha value is -1.34. The lowest BCUT2D eigenvalue weighted by atomic mass is 9.94. The maximum absolute atomic E-state index is 5.53. The number of hydrogen-bond acceptors (Lipinski definition) is 1. The minimum Gasteiger partial charge on any atom is -0.330 e. The number of nitrogens with two attached hydrogens (primary N) is 1. The van der Waals surface area contributed by atoms with Crippen molar-refractivity contribution >= 4 is 5.57 Å². The molecule has 2 rings (SSSR count). The van der Waals surface area contributed by atoms with Crippen LogP contribution < -0.4 is 5.73 Å². The van der Waals surface area contributed by atoms with Crippen LogP contribution in [0.2, 0.25) is 0 Å². The summed E-state index contributed by atoms with van der Waals surface area (Å²) in [5.41, 5.74) is 9.51. The van der Waals surface area contributed by atoms with Crippen LogP contribution in [0.15, 0.2) is 42.5 Å². The summed E-state index contributed by atoms with van der Waals surface area (Å²) in [4.78, 5) is 0. The lowest BCUT2D eigenvalue weighted by molar-refractivity contribution is 0.739. The van der Waals surface area contributed by atoms with Gasteiger partial charge in [0.2, 0.25) is 0 Å². The lowest BCUT2D eigenvalue weighted by Crippen LogP contribution is -2.02. The maximum Gasteiger partial charge on any atom is -0.00367 e. The first-order valence-electron chi connectivity index (χ1n) is 5.97. The van der Waals surface area contributed by atoms with Crippen molar-refractivity contribution in [3.63, 3.8) is 0 Å². The standard InChI is InChI=1S/C15H19N/c1-12-2-6-14(7-3-12)15-8-4-13(5-9-15)10-11-16/h2,4-9,12H,3,10-11,16H2,1H3. The fraction of sp³-hybridized carbons (Fsp3) is 0.333. The second-order valence-corrected chi connectivity index (χ2v) is 4.47. The van der Waals surface area contributed by atoms with Crippen molar-refractivity contribution < 1.29 is 0 Å². The minimum absolute atomic E-state index is 0.681. The van der Waals surface area contributed by atoms with Gasteiger partial charge in [0.1, 0.15) is 0 Å². The molecule has 0 radical (unpaired) electrons. The summed E-state index contributed by atoms with van der Waals surface area (Å²) >= 11 is 0. The molecule has 1 aromatic rings. The highest BCUT2D eigenvalue weighted by Crippen LogP contribution is 2.24. The molecule has 1 aromatic carbocycles. The highest BCUT2D eigenvalue weighted by molar-refractivity contribution is 5.74. The van der Waals surface area contributed by atoms with E-state index in [2.05, 4.69) is 49.4 Å². The SMILES string of the molecule is CC1C=CC(c2ccc(CCN)cc2)=CC1. The first kappa shape index (κ1) is 11.2. The number of benzene rings is 1. The van der Waals surface area contributed by atoms with Gasteiger partial charge in [-0.25, -0.2) is 0 Å². The predicted octanol–water partition coefficient (Wildman–Crippen LogP) is 3.17. The van der Waals surface area contributed by atoms with Gasteiger partial charge in [0.05, 0.1) is 0 Å². The van der Waals surface area contributed by atoms with E-state index in [1.807, 2.05) is 0 Å². The maximum atomic E-state index is 5.53. The van der Waals surface area contributed by atoms with E-state index < -0.39 is 0 Å². The van der Waals surface area contributed by atoms with E-state index in [0.29, 0.717) is 5.92 Å². The zero-order chi connectivity index (χ0) is 11.4. The number of allylic oxidation sites excluding steroid dienone is 4. The molecule has 0 saturated carbocycles. The van der Waals surface area contributed by atoms with E-state index >= 15 is 0 Å². The largest absolute Gasteiger partial charge is 0.330 e. The fourth-order valence-electron chi connectivity index (χ4n) is 1.97. The minimum atomic E-state index is 0.681. The highest BCUT2D eigenvalue weighted by atomic mass is 14.5. The van der Waals surface area contributed by atoms with E-state index in [0.717, 1.165) is 19.4 Å². The predicted molar refractivity (Wildman–Crippen MR) is 70.1 cm³/mol. The van der Waals surface area contributed by atoms with Gasteiger partial charge < -0.3 is 5.73 Å². The molecule has 0 heterocycles. The van der Waals surface area contributed by atoms with Crippen molar-refractivity contribution in [1.82, 2.24) is 0 Å². The molecule has 0 aromatic heterocycles. The first-order valence-corrected chi connectivity index (χ1v) is 5.97. The summed E-state index contributed by atoms with van der Waals surface area (Å²) in [5, 5.41) is 0. The second-order valence-electron chi connectivity index (χ2n) is 4.47. The molecular weight excluding hydrogens is 194 g/mol. The molecule has 0 aliphatic heterocycles. The lowest BCUT2D eigenvalue weighted by Gasteiger charge is -2.12. The Bertz CT molecular complexity index is 398. The summed E-state index contributed by atoms with van der Waals surface area (Å²) in [5.74, 6) is 0.681. The van der Waals surface area contributed by atoms with E-state index in [1.54, 1.807) is 0 Å². The van der Waals surface area contributed by atoms with Crippen molar-refractivity contribution in [2.45, 2.75) is 19.8 Å². The van der Waals surface area contributed by atoms with Crippen LogP contribution in [0.5, 0.6) is 0 Å². The van der Waals surface area contributed by atoms with Crippen molar-refractivity contribution in [2.75, 3.05) is 6.54 Å². The quantitative estimate of drug-likeness (QED) is 0.820. The molecule has 0 saturated heterocycles. The Morgan fingerprint density at radius 1 is 1.25 bits per heavy atom. The van der Waals surface area contributed by atoms with E-state index in [9.17, 15) is 0 Å². The van der Waals surface area contributed by atoms with Gasteiger partial charge in [-0.1, -0.05) is 49.4 Å². The summed E-state index contributed by atoms with van der Waals surface area (Å²) in [6.07, 6.45) is 8.94. The summed E-state index contributed by atoms with van der Waals surface area (Å²) in [6.45, 7) is 2.97. The molecule has 16 heavy (non-hydrogen) atoms. The van der Waals surface area contributed by atoms with Crippen LogP contribution in [-0.4, -0.2) is 6.54 Å². The third-order valence-corrected chi connectivity index (χ3v) is 3.03. The van der Waals surface area contributed by atoms with Crippen LogP contribution in [-0.2, 0) is 6.42 Å². The third-order valence-electron chi connectivity index (χ3n) is 3.03.